The van der Waals surface area contributed by atoms with Crippen LogP contribution in [0.4, 0.5) is 0 Å². The summed E-state index contributed by atoms with van der Waals surface area (Å²) in [6.07, 6.45) is 9.06. The van der Waals surface area contributed by atoms with Gasteiger partial charge < -0.3 is 5.73 Å². The molecule has 3 rings (SSSR count). The van der Waals surface area contributed by atoms with E-state index in [9.17, 15) is 0 Å². The van der Waals surface area contributed by atoms with Gasteiger partial charge in [-0.15, -0.1) is 11.3 Å². The Labute approximate surface area is 108 Å². The predicted molar refractivity (Wildman–Crippen MR) is 72.6 cm³/mol. The summed E-state index contributed by atoms with van der Waals surface area (Å²) in [7, 11) is 0. The molecule has 2 aliphatic rings. The number of hydrogen-bond acceptors (Lipinski definition) is 3. The van der Waals surface area contributed by atoms with Crippen molar-refractivity contribution in [2.24, 2.45) is 5.73 Å². The molecule has 0 aromatic carbocycles. The molecule has 1 aromatic rings. The van der Waals surface area contributed by atoms with Gasteiger partial charge in [0, 0.05) is 16.8 Å². The standard InChI is InChI=1S/C14H22N2S/c1-9-13(10-5-7-12(15)8-6-10)17-14(16-9)11-3-2-4-11/h10-12H,2-8,15H2,1H3. The van der Waals surface area contributed by atoms with E-state index in [0.717, 1.165) is 11.8 Å². The van der Waals surface area contributed by atoms with Crippen LogP contribution < -0.4 is 5.73 Å². The SMILES string of the molecule is Cc1nc(C2CCC2)sc1C1CCC(N)CC1. The van der Waals surface area contributed by atoms with Crippen LogP contribution >= 0.6 is 11.3 Å². The first kappa shape index (κ1) is 11.7. The van der Waals surface area contributed by atoms with E-state index in [1.165, 1.54) is 55.6 Å². The van der Waals surface area contributed by atoms with Crippen LogP contribution in [0.2, 0.25) is 0 Å². The van der Waals surface area contributed by atoms with Crippen molar-refractivity contribution in [1.29, 1.82) is 0 Å². The van der Waals surface area contributed by atoms with Gasteiger partial charge in [-0.1, -0.05) is 6.42 Å². The Morgan fingerprint density at radius 2 is 1.76 bits per heavy atom. The highest BCUT2D eigenvalue weighted by molar-refractivity contribution is 7.12. The second kappa shape index (κ2) is 4.69. The summed E-state index contributed by atoms with van der Waals surface area (Å²) < 4.78 is 0. The Morgan fingerprint density at radius 3 is 2.35 bits per heavy atom. The van der Waals surface area contributed by atoms with Crippen LogP contribution in [-0.4, -0.2) is 11.0 Å². The van der Waals surface area contributed by atoms with Gasteiger partial charge in [0.05, 0.1) is 10.7 Å². The maximum absolute atomic E-state index is 5.98. The van der Waals surface area contributed by atoms with Gasteiger partial charge in [-0.25, -0.2) is 4.98 Å². The van der Waals surface area contributed by atoms with Crippen LogP contribution in [0.1, 0.15) is 72.4 Å². The van der Waals surface area contributed by atoms with Gasteiger partial charge >= 0.3 is 0 Å². The number of thiazole rings is 1. The number of aryl methyl sites for hydroxylation is 1. The number of nitrogens with two attached hydrogens (primary N) is 1. The molecule has 2 fully saturated rings. The molecule has 1 aromatic heterocycles. The van der Waals surface area contributed by atoms with Crippen LogP contribution in [0.3, 0.4) is 0 Å². The number of aromatic nitrogens is 1. The molecule has 0 unspecified atom stereocenters. The molecule has 2 nitrogen and oxygen atoms in total. The molecule has 0 radical (unpaired) electrons. The molecule has 3 heteroatoms. The first-order valence-electron chi connectivity index (χ1n) is 6.97. The van der Waals surface area contributed by atoms with Crippen LogP contribution in [0.25, 0.3) is 0 Å². The van der Waals surface area contributed by atoms with Gasteiger partial charge in [0.15, 0.2) is 0 Å². The Hall–Kier alpha value is -0.410. The average molecular weight is 250 g/mol. The van der Waals surface area contributed by atoms with Crippen LogP contribution in [0.15, 0.2) is 0 Å². The number of nitrogens with zero attached hydrogens (tertiary/aromatic N) is 1. The second-order valence-electron chi connectivity index (χ2n) is 5.74. The molecular weight excluding hydrogens is 228 g/mol. The molecule has 0 amide bonds. The minimum atomic E-state index is 0.450. The third-order valence-corrected chi connectivity index (χ3v) is 5.93. The largest absolute Gasteiger partial charge is 0.328 e. The van der Waals surface area contributed by atoms with Crippen molar-refractivity contribution in [3.63, 3.8) is 0 Å². The summed E-state index contributed by atoms with van der Waals surface area (Å²) in [5, 5.41) is 1.42. The average Bonchev–Trinajstić information content (AvgIpc) is 2.59. The zero-order valence-electron chi connectivity index (χ0n) is 10.6. The van der Waals surface area contributed by atoms with Crippen molar-refractivity contribution < 1.29 is 0 Å². The normalized spacial score (nSPS) is 30.2. The van der Waals surface area contributed by atoms with Crippen molar-refractivity contribution in [3.8, 4) is 0 Å². The Morgan fingerprint density at radius 1 is 1.06 bits per heavy atom. The van der Waals surface area contributed by atoms with Crippen LogP contribution in [0.5, 0.6) is 0 Å². The molecule has 0 spiro atoms. The first-order valence-corrected chi connectivity index (χ1v) is 7.78. The summed E-state index contributed by atoms with van der Waals surface area (Å²) in [6, 6.07) is 0.450. The molecule has 0 atom stereocenters. The minimum absolute atomic E-state index is 0.450. The summed E-state index contributed by atoms with van der Waals surface area (Å²) in [4.78, 5) is 6.38. The Bertz CT molecular complexity index is 387. The summed E-state index contributed by atoms with van der Waals surface area (Å²) in [5.41, 5.74) is 7.29. The minimum Gasteiger partial charge on any atom is -0.328 e. The predicted octanol–water partition coefficient (Wildman–Crippen LogP) is 3.70. The van der Waals surface area contributed by atoms with Gasteiger partial charge in [0.1, 0.15) is 0 Å². The van der Waals surface area contributed by atoms with Gasteiger partial charge in [-0.3, -0.25) is 0 Å². The molecule has 17 heavy (non-hydrogen) atoms. The molecule has 94 valence electrons. The molecule has 2 N–H and O–H groups in total. The summed E-state index contributed by atoms with van der Waals surface area (Å²) in [5.74, 6) is 1.54. The Kier molecular flexibility index (Phi) is 3.22. The molecule has 0 aliphatic heterocycles. The van der Waals surface area contributed by atoms with Gasteiger partial charge in [-0.2, -0.15) is 0 Å². The molecule has 0 saturated heterocycles. The lowest BCUT2D eigenvalue weighted by molar-refractivity contribution is 0.398. The van der Waals surface area contributed by atoms with E-state index in [0.29, 0.717) is 6.04 Å². The third kappa shape index (κ3) is 2.27. The van der Waals surface area contributed by atoms with Gasteiger partial charge in [-0.05, 0) is 51.4 Å². The van der Waals surface area contributed by atoms with E-state index in [-0.39, 0.29) is 0 Å². The molecule has 2 aliphatic carbocycles. The van der Waals surface area contributed by atoms with E-state index >= 15 is 0 Å². The summed E-state index contributed by atoms with van der Waals surface area (Å²) >= 11 is 2.00. The maximum Gasteiger partial charge on any atom is 0.0961 e. The fourth-order valence-electron chi connectivity index (χ4n) is 3.02. The zero-order valence-corrected chi connectivity index (χ0v) is 11.4. The van der Waals surface area contributed by atoms with Crippen molar-refractivity contribution in [1.82, 2.24) is 4.98 Å². The highest BCUT2D eigenvalue weighted by Gasteiger charge is 2.27. The van der Waals surface area contributed by atoms with Crippen molar-refractivity contribution in [2.45, 2.75) is 69.7 Å². The fourth-order valence-corrected chi connectivity index (χ4v) is 4.43. The monoisotopic (exact) mass is 250 g/mol. The van der Waals surface area contributed by atoms with Crippen LogP contribution in [-0.2, 0) is 0 Å². The lowest BCUT2D eigenvalue weighted by atomic mass is 9.85. The molecule has 0 bridgehead atoms. The van der Waals surface area contributed by atoms with E-state index < -0.39 is 0 Å². The summed E-state index contributed by atoms with van der Waals surface area (Å²) in [6.45, 7) is 2.20. The lowest BCUT2D eigenvalue weighted by Crippen LogP contribution is -2.25. The lowest BCUT2D eigenvalue weighted by Gasteiger charge is -2.25. The van der Waals surface area contributed by atoms with Crippen LogP contribution in [0, 0.1) is 6.92 Å². The quantitative estimate of drug-likeness (QED) is 0.869. The van der Waals surface area contributed by atoms with Crippen molar-refractivity contribution in [3.05, 3.63) is 15.6 Å². The van der Waals surface area contributed by atoms with E-state index in [4.69, 9.17) is 10.7 Å². The Balaban J connectivity index is 1.75. The van der Waals surface area contributed by atoms with Gasteiger partial charge in [0.25, 0.3) is 0 Å². The van der Waals surface area contributed by atoms with Gasteiger partial charge in [0.2, 0.25) is 0 Å². The number of rotatable bonds is 2. The topological polar surface area (TPSA) is 38.9 Å². The molecule has 2 saturated carbocycles. The fraction of sp³-hybridized carbons (Fsp3) is 0.786. The van der Waals surface area contributed by atoms with E-state index in [1.54, 1.807) is 4.88 Å². The maximum atomic E-state index is 5.98. The number of hydrogen-bond donors (Lipinski definition) is 1. The second-order valence-corrected chi connectivity index (χ2v) is 6.80. The highest BCUT2D eigenvalue weighted by atomic mass is 32.1. The highest BCUT2D eigenvalue weighted by Crippen LogP contribution is 2.43. The smallest absolute Gasteiger partial charge is 0.0961 e. The molecular formula is C14H22N2S. The van der Waals surface area contributed by atoms with E-state index in [1.807, 2.05) is 11.3 Å². The third-order valence-electron chi connectivity index (χ3n) is 4.45. The zero-order chi connectivity index (χ0) is 11.8. The van der Waals surface area contributed by atoms with E-state index in [2.05, 4.69) is 6.92 Å². The molecule has 1 heterocycles. The van der Waals surface area contributed by atoms with Crippen molar-refractivity contribution in [2.75, 3.05) is 0 Å². The first-order chi connectivity index (χ1) is 8.24. The van der Waals surface area contributed by atoms with Crippen molar-refractivity contribution >= 4 is 11.3 Å².